The summed E-state index contributed by atoms with van der Waals surface area (Å²) in [5.74, 6) is -1.21. The summed E-state index contributed by atoms with van der Waals surface area (Å²) in [6.45, 7) is 1.75. The number of carbonyl (C=O) groups is 3. The molecule has 3 amide bonds. The molecule has 0 saturated carbocycles. The van der Waals surface area contributed by atoms with Crippen LogP contribution in [0.4, 0.5) is 0 Å². The zero-order valence-corrected chi connectivity index (χ0v) is 11.3. The van der Waals surface area contributed by atoms with Crippen molar-refractivity contribution >= 4 is 17.7 Å². The van der Waals surface area contributed by atoms with Gasteiger partial charge in [0.15, 0.2) is 6.04 Å². The van der Waals surface area contributed by atoms with Crippen LogP contribution < -0.4 is 5.73 Å². The van der Waals surface area contributed by atoms with Crippen LogP contribution in [0.1, 0.15) is 31.4 Å². The number of nitrogens with two attached hydrogens (primary N) is 1. The molecule has 0 bridgehead atoms. The molecule has 106 valence electrons. The average molecular weight is 275 g/mol. The largest absolute Gasteiger partial charge is 0.368 e. The number of nitrogens with zero attached hydrogens (tertiary/aromatic N) is 2. The third kappa shape index (κ3) is 2.64. The lowest BCUT2D eigenvalue weighted by Crippen LogP contribution is -2.51. The molecule has 1 saturated heterocycles. The van der Waals surface area contributed by atoms with Gasteiger partial charge in [-0.1, -0.05) is 30.3 Å². The van der Waals surface area contributed by atoms with Gasteiger partial charge >= 0.3 is 0 Å². The molecule has 1 aliphatic heterocycles. The van der Waals surface area contributed by atoms with E-state index in [1.807, 2.05) is 0 Å². The predicted molar refractivity (Wildman–Crippen MR) is 71.8 cm³/mol. The van der Waals surface area contributed by atoms with Gasteiger partial charge in [0.05, 0.1) is 0 Å². The Labute approximate surface area is 117 Å². The zero-order chi connectivity index (χ0) is 14.7. The quantitative estimate of drug-likeness (QED) is 0.873. The van der Waals surface area contributed by atoms with E-state index in [0.29, 0.717) is 24.9 Å². The number of hydrogen-bond donors (Lipinski definition) is 1. The lowest BCUT2D eigenvalue weighted by atomic mass is 10.1. The average Bonchev–Trinajstić information content (AvgIpc) is 2.82. The van der Waals surface area contributed by atoms with Gasteiger partial charge in [-0.05, 0) is 12.0 Å². The van der Waals surface area contributed by atoms with Gasteiger partial charge < -0.3 is 5.73 Å². The van der Waals surface area contributed by atoms with Gasteiger partial charge in [-0.25, -0.2) is 5.01 Å². The van der Waals surface area contributed by atoms with Gasteiger partial charge in [-0.2, -0.15) is 0 Å². The molecule has 1 fully saturated rings. The van der Waals surface area contributed by atoms with Crippen molar-refractivity contribution in [3.8, 4) is 0 Å². The molecule has 6 nitrogen and oxygen atoms in total. The molecule has 0 aromatic heterocycles. The summed E-state index contributed by atoms with van der Waals surface area (Å²) < 4.78 is 0. The summed E-state index contributed by atoms with van der Waals surface area (Å²) in [4.78, 5) is 35.6. The van der Waals surface area contributed by atoms with Crippen LogP contribution in [0.25, 0.3) is 0 Å². The Bertz CT molecular complexity index is 530. The summed E-state index contributed by atoms with van der Waals surface area (Å²) >= 11 is 0. The van der Waals surface area contributed by atoms with Crippen LogP contribution in [-0.4, -0.2) is 34.3 Å². The van der Waals surface area contributed by atoms with Crippen molar-refractivity contribution in [3.05, 3.63) is 35.9 Å². The first-order valence-corrected chi connectivity index (χ1v) is 6.46. The standard InChI is InChI=1S/C14H17N3O3/c1-10(18)17(16-9-5-8-12(16)19)13(14(15)20)11-6-3-2-4-7-11/h2-4,6-7,13H,5,8-9H2,1H3,(H2,15,20). The smallest absolute Gasteiger partial charge is 0.246 e. The Balaban J connectivity index is 2.41. The highest BCUT2D eigenvalue weighted by atomic mass is 16.2. The van der Waals surface area contributed by atoms with Gasteiger partial charge in [0.25, 0.3) is 0 Å². The minimum absolute atomic E-state index is 0.164. The second-order valence-electron chi connectivity index (χ2n) is 4.70. The van der Waals surface area contributed by atoms with E-state index < -0.39 is 11.9 Å². The topological polar surface area (TPSA) is 83.7 Å². The van der Waals surface area contributed by atoms with E-state index in [2.05, 4.69) is 0 Å². The Kier molecular flexibility index (Phi) is 4.02. The number of benzene rings is 1. The molecule has 1 aromatic rings. The van der Waals surface area contributed by atoms with E-state index >= 15 is 0 Å². The summed E-state index contributed by atoms with van der Waals surface area (Å²) in [5, 5.41) is 2.50. The number of hydrogen-bond acceptors (Lipinski definition) is 3. The zero-order valence-electron chi connectivity index (χ0n) is 11.3. The Morgan fingerprint density at radius 3 is 2.40 bits per heavy atom. The highest BCUT2D eigenvalue weighted by Crippen LogP contribution is 2.25. The van der Waals surface area contributed by atoms with Crippen LogP contribution >= 0.6 is 0 Å². The SMILES string of the molecule is CC(=O)N(C(C(N)=O)c1ccccc1)N1CCCC1=O. The molecule has 1 heterocycles. The second kappa shape index (κ2) is 5.73. The number of hydrazine groups is 1. The molecule has 1 aliphatic rings. The molecule has 2 N–H and O–H groups in total. The highest BCUT2D eigenvalue weighted by Gasteiger charge is 2.36. The third-order valence-corrected chi connectivity index (χ3v) is 3.26. The molecule has 20 heavy (non-hydrogen) atoms. The number of rotatable bonds is 4. The van der Waals surface area contributed by atoms with E-state index in [4.69, 9.17) is 5.73 Å². The van der Waals surface area contributed by atoms with E-state index in [-0.39, 0.29) is 11.8 Å². The minimum atomic E-state index is -0.962. The molecular weight excluding hydrogens is 258 g/mol. The lowest BCUT2D eigenvalue weighted by molar-refractivity contribution is -0.166. The number of primary amides is 1. The minimum Gasteiger partial charge on any atom is -0.368 e. The first-order valence-electron chi connectivity index (χ1n) is 6.46. The Morgan fingerprint density at radius 2 is 1.95 bits per heavy atom. The Hall–Kier alpha value is -2.37. The predicted octanol–water partition coefficient (Wildman–Crippen LogP) is 0.599. The van der Waals surface area contributed by atoms with Gasteiger partial charge in [0.1, 0.15) is 0 Å². The van der Waals surface area contributed by atoms with Crippen LogP contribution in [-0.2, 0) is 14.4 Å². The molecule has 1 unspecified atom stereocenters. The molecule has 6 heteroatoms. The molecular formula is C14H17N3O3. The van der Waals surface area contributed by atoms with Crippen LogP contribution in [0.2, 0.25) is 0 Å². The first kappa shape index (κ1) is 14.0. The van der Waals surface area contributed by atoms with Gasteiger partial charge in [-0.3, -0.25) is 19.4 Å². The van der Waals surface area contributed by atoms with E-state index in [1.165, 1.54) is 16.9 Å². The van der Waals surface area contributed by atoms with Crippen LogP contribution in [0.5, 0.6) is 0 Å². The fourth-order valence-electron chi connectivity index (χ4n) is 2.41. The van der Waals surface area contributed by atoms with Crippen LogP contribution in [0.3, 0.4) is 0 Å². The van der Waals surface area contributed by atoms with Crippen molar-refractivity contribution in [1.82, 2.24) is 10.0 Å². The lowest BCUT2D eigenvalue weighted by Gasteiger charge is -2.36. The van der Waals surface area contributed by atoms with Crippen molar-refractivity contribution in [2.24, 2.45) is 5.73 Å². The van der Waals surface area contributed by atoms with Gasteiger partial charge in [0, 0.05) is 19.9 Å². The molecule has 1 atom stereocenters. The molecule has 2 rings (SSSR count). The molecule has 0 radical (unpaired) electrons. The van der Waals surface area contributed by atoms with Gasteiger partial charge in [0.2, 0.25) is 17.7 Å². The summed E-state index contributed by atoms with van der Waals surface area (Å²) in [6.07, 6.45) is 1.05. The second-order valence-corrected chi connectivity index (χ2v) is 4.70. The number of amides is 3. The third-order valence-electron chi connectivity index (χ3n) is 3.26. The fourth-order valence-corrected chi connectivity index (χ4v) is 2.41. The van der Waals surface area contributed by atoms with E-state index in [0.717, 1.165) is 0 Å². The maximum atomic E-state index is 11.9. The summed E-state index contributed by atoms with van der Waals surface area (Å²) in [6, 6.07) is 7.79. The first-order chi connectivity index (χ1) is 9.52. The normalized spacial score (nSPS) is 16.1. The monoisotopic (exact) mass is 275 g/mol. The number of carbonyl (C=O) groups excluding carboxylic acids is 3. The van der Waals surface area contributed by atoms with Crippen molar-refractivity contribution in [1.29, 1.82) is 0 Å². The molecule has 1 aromatic carbocycles. The van der Waals surface area contributed by atoms with Gasteiger partial charge in [-0.15, -0.1) is 0 Å². The van der Waals surface area contributed by atoms with Crippen molar-refractivity contribution in [2.75, 3.05) is 6.54 Å². The summed E-state index contributed by atoms with van der Waals surface area (Å²) in [5.41, 5.74) is 6.04. The fraction of sp³-hybridized carbons (Fsp3) is 0.357. The van der Waals surface area contributed by atoms with Crippen molar-refractivity contribution in [2.45, 2.75) is 25.8 Å². The van der Waals surface area contributed by atoms with E-state index in [9.17, 15) is 14.4 Å². The van der Waals surface area contributed by atoms with E-state index in [1.54, 1.807) is 30.3 Å². The molecule has 0 aliphatic carbocycles. The highest BCUT2D eigenvalue weighted by molar-refractivity contribution is 5.89. The Morgan fingerprint density at radius 1 is 1.30 bits per heavy atom. The molecule has 0 spiro atoms. The maximum absolute atomic E-state index is 11.9. The summed E-state index contributed by atoms with van der Waals surface area (Å²) in [7, 11) is 0. The van der Waals surface area contributed by atoms with Crippen LogP contribution in [0, 0.1) is 0 Å². The maximum Gasteiger partial charge on any atom is 0.246 e. The van der Waals surface area contributed by atoms with Crippen molar-refractivity contribution < 1.29 is 14.4 Å². The van der Waals surface area contributed by atoms with Crippen molar-refractivity contribution in [3.63, 3.8) is 0 Å². The van der Waals surface area contributed by atoms with Crippen LogP contribution in [0.15, 0.2) is 30.3 Å².